The second kappa shape index (κ2) is 8.43. The zero-order valence-corrected chi connectivity index (χ0v) is 16.1. The van der Waals surface area contributed by atoms with Gasteiger partial charge in [0.25, 0.3) is 5.69 Å². The van der Waals surface area contributed by atoms with Crippen molar-refractivity contribution in [2.45, 2.75) is 19.9 Å². The summed E-state index contributed by atoms with van der Waals surface area (Å²) in [5.74, 6) is -0.974. The van der Waals surface area contributed by atoms with E-state index in [9.17, 15) is 19.7 Å². The van der Waals surface area contributed by atoms with Crippen molar-refractivity contribution in [3.05, 3.63) is 76.1 Å². The quantitative estimate of drug-likeness (QED) is 0.446. The minimum atomic E-state index is -1.16. The van der Waals surface area contributed by atoms with Crippen molar-refractivity contribution in [1.82, 2.24) is 9.78 Å². The third-order valence-electron chi connectivity index (χ3n) is 4.32. The molecule has 3 rings (SSSR count). The highest BCUT2D eigenvalue weighted by Gasteiger charge is 2.20. The van der Waals surface area contributed by atoms with E-state index in [0.717, 1.165) is 11.8 Å². The summed E-state index contributed by atoms with van der Waals surface area (Å²) < 4.78 is 6.95. The van der Waals surface area contributed by atoms with Crippen LogP contribution in [0.3, 0.4) is 0 Å². The van der Waals surface area contributed by atoms with E-state index in [0.29, 0.717) is 5.75 Å². The van der Waals surface area contributed by atoms with Gasteiger partial charge in [0.2, 0.25) is 5.91 Å². The van der Waals surface area contributed by atoms with E-state index in [1.54, 1.807) is 12.1 Å². The van der Waals surface area contributed by atoms with E-state index < -0.39 is 22.8 Å². The highest BCUT2D eigenvalue weighted by atomic mass is 16.6. The van der Waals surface area contributed by atoms with Crippen molar-refractivity contribution >= 4 is 23.3 Å². The molecule has 1 amide bonds. The number of non-ortho nitro benzene ring substituents is 1. The van der Waals surface area contributed by atoms with Gasteiger partial charge in [-0.15, -0.1) is 0 Å². The Labute approximate surface area is 170 Å². The zero-order valence-electron chi connectivity index (χ0n) is 16.1. The number of aromatic carboxylic acids is 1. The Bertz CT molecular complexity index is 1120. The number of para-hydroxylation sites is 1. The molecule has 0 spiro atoms. The van der Waals surface area contributed by atoms with Crippen molar-refractivity contribution in [3.8, 4) is 11.5 Å². The highest BCUT2D eigenvalue weighted by Crippen LogP contribution is 2.31. The first-order chi connectivity index (χ1) is 14.2. The largest absolute Gasteiger partial charge is 0.478 e. The van der Waals surface area contributed by atoms with Crippen LogP contribution in [-0.2, 0) is 4.79 Å². The van der Waals surface area contributed by atoms with E-state index in [2.05, 4.69) is 10.4 Å². The zero-order chi connectivity index (χ0) is 21.8. The number of anilines is 1. The molecule has 0 aliphatic rings. The molecule has 1 aromatic heterocycles. The van der Waals surface area contributed by atoms with Crippen LogP contribution in [-0.4, -0.2) is 31.7 Å². The van der Waals surface area contributed by atoms with Gasteiger partial charge in [0.1, 0.15) is 17.5 Å². The van der Waals surface area contributed by atoms with Gasteiger partial charge in [-0.3, -0.25) is 19.6 Å². The summed E-state index contributed by atoms with van der Waals surface area (Å²) in [7, 11) is 0. The fraction of sp³-hybridized carbons (Fsp3) is 0.150. The molecule has 1 unspecified atom stereocenters. The fourth-order valence-corrected chi connectivity index (χ4v) is 2.64. The summed E-state index contributed by atoms with van der Waals surface area (Å²) in [6.45, 7) is 3.36. The van der Waals surface area contributed by atoms with E-state index in [1.165, 1.54) is 36.0 Å². The Morgan fingerprint density at radius 2 is 2.00 bits per heavy atom. The van der Waals surface area contributed by atoms with Gasteiger partial charge < -0.3 is 15.2 Å². The van der Waals surface area contributed by atoms with Crippen LogP contribution in [0.4, 0.5) is 11.4 Å². The maximum atomic E-state index is 12.6. The molecule has 154 valence electrons. The summed E-state index contributed by atoms with van der Waals surface area (Å²) in [5.41, 5.74) is 0.696. The van der Waals surface area contributed by atoms with Crippen LogP contribution >= 0.6 is 0 Å². The summed E-state index contributed by atoms with van der Waals surface area (Å²) in [4.78, 5) is 34.3. The molecule has 2 aromatic carbocycles. The molecule has 1 heterocycles. The Hall–Kier alpha value is -4.21. The molecule has 1 atom stereocenters. The monoisotopic (exact) mass is 410 g/mol. The van der Waals surface area contributed by atoms with Crippen LogP contribution in [0.25, 0.3) is 0 Å². The average molecular weight is 410 g/mol. The molecule has 0 saturated carbocycles. The third-order valence-corrected chi connectivity index (χ3v) is 4.32. The topological polar surface area (TPSA) is 137 Å². The van der Waals surface area contributed by atoms with Gasteiger partial charge in [-0.05, 0) is 25.5 Å². The van der Waals surface area contributed by atoms with Crippen molar-refractivity contribution in [3.63, 3.8) is 0 Å². The number of nitro groups is 1. The molecule has 0 aliphatic carbocycles. The lowest BCUT2D eigenvalue weighted by Crippen LogP contribution is -2.24. The molecule has 10 heteroatoms. The summed E-state index contributed by atoms with van der Waals surface area (Å²) >= 11 is 0. The van der Waals surface area contributed by atoms with Gasteiger partial charge in [0.05, 0.1) is 28.4 Å². The molecule has 0 fully saturated rings. The number of nitrogens with zero attached hydrogens (tertiary/aromatic N) is 3. The van der Waals surface area contributed by atoms with Gasteiger partial charge in [-0.1, -0.05) is 18.2 Å². The number of aryl methyl sites for hydroxylation is 1. The van der Waals surface area contributed by atoms with Crippen LogP contribution in [0.15, 0.2) is 54.9 Å². The molecule has 0 radical (unpaired) electrons. The number of rotatable bonds is 7. The average Bonchev–Trinajstić information content (AvgIpc) is 3.19. The van der Waals surface area contributed by atoms with Crippen molar-refractivity contribution in [1.29, 1.82) is 0 Å². The molecule has 30 heavy (non-hydrogen) atoms. The number of hydrogen-bond acceptors (Lipinski definition) is 6. The van der Waals surface area contributed by atoms with E-state index in [-0.39, 0.29) is 22.7 Å². The van der Waals surface area contributed by atoms with Crippen LogP contribution < -0.4 is 10.1 Å². The number of carbonyl (C=O) groups is 2. The number of carboxylic acids is 1. The first-order valence-electron chi connectivity index (χ1n) is 8.86. The lowest BCUT2D eigenvalue weighted by atomic mass is 10.2. The summed E-state index contributed by atoms with van der Waals surface area (Å²) in [6, 6.07) is 10.3. The fourth-order valence-electron chi connectivity index (χ4n) is 2.64. The number of nitrogens with one attached hydrogen (secondary N) is 1. The standard InChI is InChI=1S/C20H18N4O6/c1-12-5-3-4-6-18(12)30-17-8-15(7-16(9-17)24(28)29)22-19(25)13(2)23-11-14(10-21-23)20(26)27/h3-11,13H,1-2H3,(H,22,25)(H,26,27). The Kier molecular flexibility index (Phi) is 5.77. The van der Waals surface area contributed by atoms with Crippen LogP contribution in [0.1, 0.15) is 28.9 Å². The van der Waals surface area contributed by atoms with Crippen LogP contribution in [0, 0.1) is 17.0 Å². The highest BCUT2D eigenvalue weighted by molar-refractivity contribution is 5.94. The first-order valence-corrected chi connectivity index (χ1v) is 8.86. The van der Waals surface area contributed by atoms with Gasteiger partial charge in [-0.2, -0.15) is 5.10 Å². The van der Waals surface area contributed by atoms with Crippen LogP contribution in [0.2, 0.25) is 0 Å². The molecule has 0 saturated heterocycles. The van der Waals surface area contributed by atoms with Crippen molar-refractivity contribution in [2.24, 2.45) is 0 Å². The molecule has 3 aromatic rings. The normalized spacial score (nSPS) is 11.5. The maximum absolute atomic E-state index is 12.6. The summed E-state index contributed by atoms with van der Waals surface area (Å²) in [6.07, 6.45) is 2.36. The molecule has 0 aliphatic heterocycles. The van der Waals surface area contributed by atoms with Gasteiger partial charge in [0, 0.05) is 18.3 Å². The van der Waals surface area contributed by atoms with Crippen molar-refractivity contribution in [2.75, 3.05) is 5.32 Å². The number of aromatic nitrogens is 2. The molecule has 10 nitrogen and oxygen atoms in total. The van der Waals surface area contributed by atoms with Crippen LogP contribution in [0.5, 0.6) is 11.5 Å². The molecule has 0 bridgehead atoms. The number of carboxylic acid groups (broad SMARTS) is 1. The second-order valence-electron chi connectivity index (χ2n) is 6.52. The van der Waals surface area contributed by atoms with E-state index >= 15 is 0 Å². The SMILES string of the molecule is Cc1ccccc1Oc1cc(NC(=O)C(C)n2cc(C(=O)O)cn2)cc([N+](=O)[O-])c1. The molecular weight excluding hydrogens is 392 g/mol. The predicted octanol–water partition coefficient (Wildman–Crippen LogP) is 3.79. The number of carbonyl (C=O) groups excluding carboxylic acids is 1. The predicted molar refractivity (Wildman–Crippen MR) is 107 cm³/mol. The Morgan fingerprint density at radius 3 is 2.63 bits per heavy atom. The minimum absolute atomic E-state index is 0.0566. The van der Waals surface area contributed by atoms with Gasteiger partial charge in [0.15, 0.2) is 0 Å². The maximum Gasteiger partial charge on any atom is 0.338 e. The number of hydrogen-bond donors (Lipinski definition) is 2. The van der Waals surface area contributed by atoms with Gasteiger partial charge in [-0.25, -0.2) is 4.79 Å². The van der Waals surface area contributed by atoms with E-state index in [4.69, 9.17) is 9.84 Å². The summed E-state index contributed by atoms with van der Waals surface area (Å²) in [5, 5.41) is 26.7. The molecular formula is C20H18N4O6. The second-order valence-corrected chi connectivity index (χ2v) is 6.52. The van der Waals surface area contributed by atoms with Crippen molar-refractivity contribution < 1.29 is 24.4 Å². The smallest absolute Gasteiger partial charge is 0.338 e. The molecule has 2 N–H and O–H groups in total. The number of nitro benzene ring substituents is 1. The minimum Gasteiger partial charge on any atom is -0.478 e. The Balaban J connectivity index is 1.84. The third kappa shape index (κ3) is 4.61. The number of amides is 1. The van der Waals surface area contributed by atoms with Gasteiger partial charge >= 0.3 is 5.97 Å². The number of ether oxygens (including phenoxy) is 1. The van der Waals surface area contributed by atoms with E-state index in [1.807, 2.05) is 19.1 Å². The lowest BCUT2D eigenvalue weighted by Gasteiger charge is -2.14. The number of benzene rings is 2. The Morgan fingerprint density at radius 1 is 1.27 bits per heavy atom. The first kappa shape index (κ1) is 20.5. The lowest BCUT2D eigenvalue weighted by molar-refractivity contribution is -0.384.